The maximum Gasteiger partial charge on any atom is 0.307 e. The van der Waals surface area contributed by atoms with Gasteiger partial charge in [-0.15, -0.1) is 0 Å². The van der Waals surface area contributed by atoms with Gasteiger partial charge in [-0.25, -0.2) is 0 Å². The van der Waals surface area contributed by atoms with Crippen LogP contribution in [0.15, 0.2) is 0 Å². The molecular weight excluding hydrogens is 228 g/mol. The average molecular weight is 256 g/mol. The fourth-order valence-electron chi connectivity index (χ4n) is 2.45. The van der Waals surface area contributed by atoms with Crippen molar-refractivity contribution in [1.29, 1.82) is 0 Å². The van der Waals surface area contributed by atoms with Crippen LogP contribution in [-0.4, -0.2) is 49.2 Å². The number of carbonyl (C=O) groups is 1. The molecule has 0 radical (unpaired) electrons. The standard InChI is InChI=1S/C14H28N2O2/c1-4-18-14(17)7-9-15-13-6-5-10-16(11-8-13)12(2)3/h12-13,15H,4-11H2,1-3H3. The van der Waals surface area contributed by atoms with Crippen molar-refractivity contribution in [2.24, 2.45) is 0 Å². The third-order valence-corrected chi connectivity index (χ3v) is 3.56. The van der Waals surface area contributed by atoms with E-state index < -0.39 is 0 Å². The third-order valence-electron chi connectivity index (χ3n) is 3.56. The summed E-state index contributed by atoms with van der Waals surface area (Å²) in [6.45, 7) is 9.94. The van der Waals surface area contributed by atoms with E-state index in [1.54, 1.807) is 0 Å². The maximum absolute atomic E-state index is 11.2. The average Bonchev–Trinajstić information content (AvgIpc) is 2.55. The van der Waals surface area contributed by atoms with E-state index in [1.807, 2.05) is 6.92 Å². The Morgan fingerprint density at radius 1 is 1.39 bits per heavy atom. The van der Waals surface area contributed by atoms with Crippen LogP contribution in [0, 0.1) is 0 Å². The van der Waals surface area contributed by atoms with Crippen molar-refractivity contribution in [3.05, 3.63) is 0 Å². The minimum atomic E-state index is -0.0950. The van der Waals surface area contributed by atoms with Crippen LogP contribution in [0.5, 0.6) is 0 Å². The topological polar surface area (TPSA) is 41.6 Å². The fourth-order valence-corrected chi connectivity index (χ4v) is 2.45. The van der Waals surface area contributed by atoms with Crippen molar-refractivity contribution in [3.8, 4) is 0 Å². The molecule has 18 heavy (non-hydrogen) atoms. The van der Waals surface area contributed by atoms with Gasteiger partial charge in [-0.3, -0.25) is 4.79 Å². The van der Waals surface area contributed by atoms with Crippen LogP contribution in [0.4, 0.5) is 0 Å². The number of carbonyl (C=O) groups excluding carboxylic acids is 1. The largest absolute Gasteiger partial charge is 0.466 e. The lowest BCUT2D eigenvalue weighted by Crippen LogP contribution is -2.34. The number of ether oxygens (including phenoxy) is 1. The van der Waals surface area contributed by atoms with E-state index in [-0.39, 0.29) is 5.97 Å². The van der Waals surface area contributed by atoms with E-state index in [0.717, 1.165) is 13.1 Å². The molecule has 0 amide bonds. The summed E-state index contributed by atoms with van der Waals surface area (Å²) in [5.74, 6) is -0.0950. The Labute approximate surface area is 111 Å². The molecule has 0 aromatic rings. The van der Waals surface area contributed by atoms with Crippen LogP contribution in [-0.2, 0) is 9.53 Å². The Hall–Kier alpha value is -0.610. The molecule has 1 unspecified atom stereocenters. The molecule has 0 aromatic heterocycles. The van der Waals surface area contributed by atoms with Gasteiger partial charge < -0.3 is 15.0 Å². The zero-order chi connectivity index (χ0) is 13.4. The molecule has 1 N–H and O–H groups in total. The normalized spacial score (nSPS) is 21.9. The molecule has 0 saturated carbocycles. The van der Waals surface area contributed by atoms with Crippen LogP contribution in [0.2, 0.25) is 0 Å². The minimum Gasteiger partial charge on any atom is -0.466 e. The smallest absolute Gasteiger partial charge is 0.307 e. The monoisotopic (exact) mass is 256 g/mol. The van der Waals surface area contributed by atoms with Crippen molar-refractivity contribution in [1.82, 2.24) is 10.2 Å². The molecule has 106 valence electrons. The molecule has 0 bridgehead atoms. The molecule has 1 fully saturated rings. The fraction of sp³-hybridized carbons (Fsp3) is 0.929. The second-order valence-electron chi connectivity index (χ2n) is 5.27. The molecule has 0 aromatic carbocycles. The summed E-state index contributed by atoms with van der Waals surface area (Å²) in [7, 11) is 0. The van der Waals surface area contributed by atoms with E-state index >= 15 is 0 Å². The molecule has 1 heterocycles. The highest BCUT2D eigenvalue weighted by atomic mass is 16.5. The summed E-state index contributed by atoms with van der Waals surface area (Å²) in [5.41, 5.74) is 0. The summed E-state index contributed by atoms with van der Waals surface area (Å²) in [6, 6.07) is 1.20. The van der Waals surface area contributed by atoms with E-state index in [0.29, 0.717) is 25.1 Å². The first kappa shape index (κ1) is 15.4. The lowest BCUT2D eigenvalue weighted by molar-refractivity contribution is -0.143. The zero-order valence-electron chi connectivity index (χ0n) is 12.1. The summed E-state index contributed by atoms with van der Waals surface area (Å²) in [5, 5.41) is 3.48. The number of rotatable bonds is 6. The first-order valence-corrected chi connectivity index (χ1v) is 7.26. The first-order chi connectivity index (χ1) is 8.63. The molecule has 4 heteroatoms. The number of nitrogens with zero attached hydrogens (tertiary/aromatic N) is 1. The summed E-state index contributed by atoms with van der Waals surface area (Å²) in [4.78, 5) is 13.8. The molecule has 1 atom stereocenters. The summed E-state index contributed by atoms with van der Waals surface area (Å²) in [6.07, 6.45) is 4.13. The third kappa shape index (κ3) is 5.83. The molecule has 1 rings (SSSR count). The van der Waals surface area contributed by atoms with E-state index in [9.17, 15) is 4.79 Å². The van der Waals surface area contributed by atoms with Crippen LogP contribution in [0.25, 0.3) is 0 Å². The Bertz CT molecular complexity index is 244. The maximum atomic E-state index is 11.2. The molecule has 0 spiro atoms. The Morgan fingerprint density at radius 3 is 2.83 bits per heavy atom. The van der Waals surface area contributed by atoms with Crippen molar-refractivity contribution in [2.45, 2.75) is 58.5 Å². The number of hydrogen-bond donors (Lipinski definition) is 1. The van der Waals surface area contributed by atoms with Crippen LogP contribution in [0.1, 0.15) is 46.5 Å². The second kappa shape index (κ2) is 8.48. The van der Waals surface area contributed by atoms with Gasteiger partial charge in [0, 0.05) is 18.6 Å². The van der Waals surface area contributed by atoms with Crippen LogP contribution in [0.3, 0.4) is 0 Å². The molecule has 1 saturated heterocycles. The van der Waals surface area contributed by atoms with E-state index in [2.05, 4.69) is 24.1 Å². The molecule has 1 aliphatic heterocycles. The predicted molar refractivity (Wildman–Crippen MR) is 73.6 cm³/mol. The Kier molecular flexibility index (Phi) is 7.28. The summed E-state index contributed by atoms with van der Waals surface area (Å²) >= 11 is 0. The van der Waals surface area contributed by atoms with Gasteiger partial charge in [0.25, 0.3) is 0 Å². The lowest BCUT2D eigenvalue weighted by atomic mass is 10.1. The van der Waals surface area contributed by atoms with E-state index in [4.69, 9.17) is 4.74 Å². The highest BCUT2D eigenvalue weighted by molar-refractivity contribution is 5.69. The minimum absolute atomic E-state index is 0.0950. The van der Waals surface area contributed by atoms with Crippen molar-refractivity contribution in [2.75, 3.05) is 26.2 Å². The van der Waals surface area contributed by atoms with Crippen LogP contribution >= 0.6 is 0 Å². The van der Waals surface area contributed by atoms with Gasteiger partial charge in [0.1, 0.15) is 0 Å². The highest BCUT2D eigenvalue weighted by Crippen LogP contribution is 2.13. The molecule has 1 aliphatic rings. The number of likely N-dealkylation sites (tertiary alicyclic amines) is 1. The zero-order valence-corrected chi connectivity index (χ0v) is 12.1. The lowest BCUT2D eigenvalue weighted by Gasteiger charge is -2.24. The molecule has 0 aliphatic carbocycles. The van der Waals surface area contributed by atoms with Gasteiger partial charge in [0.05, 0.1) is 13.0 Å². The van der Waals surface area contributed by atoms with E-state index in [1.165, 1.54) is 25.8 Å². The van der Waals surface area contributed by atoms with Gasteiger partial charge in [0.15, 0.2) is 0 Å². The predicted octanol–water partition coefficient (Wildman–Crippen LogP) is 1.79. The summed E-state index contributed by atoms with van der Waals surface area (Å²) < 4.78 is 4.92. The second-order valence-corrected chi connectivity index (χ2v) is 5.27. The van der Waals surface area contributed by atoms with Crippen molar-refractivity contribution in [3.63, 3.8) is 0 Å². The van der Waals surface area contributed by atoms with Gasteiger partial charge >= 0.3 is 5.97 Å². The number of esters is 1. The quantitative estimate of drug-likeness (QED) is 0.736. The highest BCUT2D eigenvalue weighted by Gasteiger charge is 2.18. The Morgan fingerprint density at radius 2 is 2.17 bits per heavy atom. The number of hydrogen-bond acceptors (Lipinski definition) is 4. The van der Waals surface area contributed by atoms with Gasteiger partial charge in [-0.05, 0) is 53.1 Å². The first-order valence-electron chi connectivity index (χ1n) is 7.26. The molecule has 4 nitrogen and oxygen atoms in total. The van der Waals surface area contributed by atoms with Gasteiger partial charge in [-0.1, -0.05) is 0 Å². The number of nitrogens with one attached hydrogen (secondary N) is 1. The Balaban J connectivity index is 2.17. The van der Waals surface area contributed by atoms with Gasteiger partial charge in [-0.2, -0.15) is 0 Å². The molecular formula is C14H28N2O2. The van der Waals surface area contributed by atoms with Crippen molar-refractivity contribution < 1.29 is 9.53 Å². The van der Waals surface area contributed by atoms with Gasteiger partial charge in [0.2, 0.25) is 0 Å². The van der Waals surface area contributed by atoms with Crippen LogP contribution < -0.4 is 5.32 Å². The SMILES string of the molecule is CCOC(=O)CCNC1CCCN(C(C)C)CC1. The van der Waals surface area contributed by atoms with Crippen molar-refractivity contribution >= 4 is 5.97 Å².